The van der Waals surface area contributed by atoms with Gasteiger partial charge in [0.15, 0.2) is 11.2 Å². The SMILES string of the molecule is Cc1c(C)n2c3c(=O)n(C/C=C/c4ccccc4)c(=O)n(C)c3nc2n1-c1ccccc1F. The van der Waals surface area contributed by atoms with Crippen molar-refractivity contribution >= 4 is 23.0 Å². The molecular formula is C25H22FN5O2. The van der Waals surface area contributed by atoms with Crippen LogP contribution in [-0.4, -0.2) is 23.1 Å². The highest BCUT2D eigenvalue weighted by Gasteiger charge is 2.23. The van der Waals surface area contributed by atoms with Gasteiger partial charge in [0.25, 0.3) is 5.56 Å². The predicted molar refractivity (Wildman–Crippen MR) is 126 cm³/mol. The van der Waals surface area contributed by atoms with E-state index in [4.69, 9.17) is 0 Å². The maximum atomic E-state index is 14.6. The molecule has 0 radical (unpaired) electrons. The van der Waals surface area contributed by atoms with Crippen LogP contribution in [0.15, 0.2) is 70.3 Å². The van der Waals surface area contributed by atoms with Crippen molar-refractivity contribution in [3.8, 4) is 5.69 Å². The van der Waals surface area contributed by atoms with Gasteiger partial charge in [-0.15, -0.1) is 0 Å². The zero-order chi connectivity index (χ0) is 23.3. The first-order valence-electron chi connectivity index (χ1n) is 10.6. The smallest absolute Gasteiger partial charge is 0.280 e. The minimum absolute atomic E-state index is 0.121. The molecule has 166 valence electrons. The van der Waals surface area contributed by atoms with Gasteiger partial charge in [-0.05, 0) is 31.5 Å². The van der Waals surface area contributed by atoms with Crippen LogP contribution in [0.3, 0.4) is 0 Å². The van der Waals surface area contributed by atoms with Crippen LogP contribution in [0.2, 0.25) is 0 Å². The summed E-state index contributed by atoms with van der Waals surface area (Å²) in [7, 11) is 1.59. The normalized spacial score (nSPS) is 11.9. The van der Waals surface area contributed by atoms with E-state index in [-0.39, 0.29) is 17.7 Å². The highest BCUT2D eigenvalue weighted by atomic mass is 19.1. The summed E-state index contributed by atoms with van der Waals surface area (Å²) in [6, 6.07) is 16.1. The number of nitrogens with zero attached hydrogens (tertiary/aromatic N) is 5. The Morgan fingerprint density at radius 2 is 1.67 bits per heavy atom. The fraction of sp³-hybridized carbons (Fsp3) is 0.160. The van der Waals surface area contributed by atoms with E-state index in [1.165, 1.54) is 15.2 Å². The molecule has 0 bridgehead atoms. The van der Waals surface area contributed by atoms with Crippen LogP contribution >= 0.6 is 0 Å². The standard InChI is InChI=1S/C25H22FN5O2/c1-16-17(2)31-21-22(27-24(31)30(16)20-14-8-7-13-19(20)26)28(3)25(33)29(23(21)32)15-9-12-18-10-5-4-6-11-18/h4-14H,15H2,1-3H3/b12-9+. The van der Waals surface area contributed by atoms with Crippen molar-refractivity contribution in [1.29, 1.82) is 0 Å². The van der Waals surface area contributed by atoms with Crippen molar-refractivity contribution in [2.45, 2.75) is 20.4 Å². The molecule has 0 saturated carbocycles. The lowest BCUT2D eigenvalue weighted by Crippen LogP contribution is -2.39. The first-order valence-corrected chi connectivity index (χ1v) is 10.6. The molecule has 3 aromatic heterocycles. The third-order valence-electron chi connectivity index (χ3n) is 6.01. The van der Waals surface area contributed by atoms with Gasteiger partial charge in [0.1, 0.15) is 5.82 Å². The molecule has 0 saturated heterocycles. The van der Waals surface area contributed by atoms with Gasteiger partial charge >= 0.3 is 5.69 Å². The molecule has 7 nitrogen and oxygen atoms in total. The summed E-state index contributed by atoms with van der Waals surface area (Å²) < 4.78 is 20.6. The Bertz CT molecular complexity index is 1670. The van der Waals surface area contributed by atoms with Crippen LogP contribution < -0.4 is 11.2 Å². The van der Waals surface area contributed by atoms with Gasteiger partial charge in [-0.25, -0.2) is 9.18 Å². The zero-order valence-corrected chi connectivity index (χ0v) is 18.5. The van der Waals surface area contributed by atoms with Crippen molar-refractivity contribution < 1.29 is 4.39 Å². The fourth-order valence-corrected chi connectivity index (χ4v) is 4.19. The lowest BCUT2D eigenvalue weighted by atomic mass is 10.2. The van der Waals surface area contributed by atoms with Crippen LogP contribution in [0.25, 0.3) is 28.7 Å². The average Bonchev–Trinajstić information content (AvgIpc) is 3.31. The van der Waals surface area contributed by atoms with E-state index < -0.39 is 17.1 Å². The Morgan fingerprint density at radius 1 is 0.970 bits per heavy atom. The van der Waals surface area contributed by atoms with E-state index in [9.17, 15) is 14.0 Å². The Balaban J connectivity index is 1.75. The van der Waals surface area contributed by atoms with Crippen LogP contribution in [0, 0.1) is 19.7 Å². The lowest BCUT2D eigenvalue weighted by Gasteiger charge is -2.08. The number of para-hydroxylation sites is 1. The van der Waals surface area contributed by atoms with Gasteiger partial charge in [0.05, 0.1) is 5.69 Å². The third kappa shape index (κ3) is 3.14. The van der Waals surface area contributed by atoms with Crippen LogP contribution in [-0.2, 0) is 13.6 Å². The summed E-state index contributed by atoms with van der Waals surface area (Å²) in [6.07, 6.45) is 3.65. The largest absolute Gasteiger partial charge is 0.332 e. The molecule has 5 aromatic rings. The second-order valence-corrected chi connectivity index (χ2v) is 7.95. The molecule has 3 heterocycles. The number of aryl methyl sites for hydroxylation is 2. The number of hydrogen-bond acceptors (Lipinski definition) is 3. The van der Waals surface area contributed by atoms with Crippen molar-refractivity contribution in [3.63, 3.8) is 0 Å². The van der Waals surface area contributed by atoms with Gasteiger partial charge in [-0.2, -0.15) is 4.98 Å². The van der Waals surface area contributed by atoms with Crippen LogP contribution in [0.4, 0.5) is 4.39 Å². The first-order chi connectivity index (χ1) is 15.9. The molecule has 0 atom stereocenters. The summed E-state index contributed by atoms with van der Waals surface area (Å²) in [5, 5.41) is 0. The van der Waals surface area contributed by atoms with E-state index in [2.05, 4.69) is 4.98 Å². The minimum atomic E-state index is -0.460. The molecule has 2 aromatic carbocycles. The van der Waals surface area contributed by atoms with Crippen molar-refractivity contribution in [2.24, 2.45) is 7.05 Å². The van der Waals surface area contributed by atoms with Gasteiger partial charge in [-0.3, -0.25) is 22.9 Å². The summed E-state index contributed by atoms with van der Waals surface area (Å²) in [5.74, 6) is -0.0164. The number of aromatic nitrogens is 5. The molecule has 0 N–H and O–H groups in total. The monoisotopic (exact) mass is 443 g/mol. The molecule has 33 heavy (non-hydrogen) atoms. The molecule has 0 spiro atoms. The van der Waals surface area contributed by atoms with E-state index in [0.29, 0.717) is 11.5 Å². The lowest BCUT2D eigenvalue weighted by molar-refractivity contribution is 0.618. The Morgan fingerprint density at radius 3 is 2.39 bits per heavy atom. The molecule has 0 aliphatic heterocycles. The summed E-state index contributed by atoms with van der Waals surface area (Å²) in [4.78, 5) is 31.0. The molecule has 0 fully saturated rings. The van der Waals surface area contributed by atoms with Crippen molar-refractivity contribution in [3.05, 3.63) is 104 Å². The minimum Gasteiger partial charge on any atom is -0.280 e. The van der Waals surface area contributed by atoms with E-state index >= 15 is 0 Å². The number of fused-ring (bicyclic) bond motifs is 3. The Hall–Kier alpha value is -4.20. The topological polar surface area (TPSA) is 66.2 Å². The third-order valence-corrected chi connectivity index (χ3v) is 6.01. The number of benzene rings is 2. The van der Waals surface area contributed by atoms with E-state index in [0.717, 1.165) is 17.0 Å². The highest BCUT2D eigenvalue weighted by Crippen LogP contribution is 2.25. The summed E-state index contributed by atoms with van der Waals surface area (Å²) in [6.45, 7) is 3.83. The van der Waals surface area contributed by atoms with Crippen molar-refractivity contribution in [1.82, 2.24) is 23.1 Å². The van der Waals surface area contributed by atoms with Crippen LogP contribution in [0.5, 0.6) is 0 Å². The van der Waals surface area contributed by atoms with E-state index in [1.807, 2.05) is 50.3 Å². The number of halogens is 1. The quantitative estimate of drug-likeness (QED) is 0.426. The Labute approximate surface area is 188 Å². The molecule has 0 aliphatic carbocycles. The molecule has 5 rings (SSSR count). The zero-order valence-electron chi connectivity index (χ0n) is 18.5. The first kappa shape index (κ1) is 20.7. The predicted octanol–water partition coefficient (Wildman–Crippen LogP) is 3.61. The van der Waals surface area contributed by atoms with Gasteiger partial charge in [-0.1, -0.05) is 54.6 Å². The average molecular weight is 443 g/mol. The second kappa shape index (κ2) is 7.74. The maximum Gasteiger partial charge on any atom is 0.332 e. The van der Waals surface area contributed by atoms with Gasteiger partial charge < -0.3 is 0 Å². The molecule has 0 amide bonds. The van der Waals surface area contributed by atoms with Crippen LogP contribution in [0.1, 0.15) is 17.0 Å². The molecule has 0 aliphatic rings. The highest BCUT2D eigenvalue weighted by molar-refractivity contribution is 5.77. The fourth-order valence-electron chi connectivity index (χ4n) is 4.19. The number of allylic oxidation sites excluding steroid dienone is 1. The Kier molecular flexibility index (Phi) is 4.85. The summed E-state index contributed by atoms with van der Waals surface area (Å²) in [5.41, 5.74) is 2.46. The number of rotatable bonds is 4. The molecule has 8 heteroatoms. The van der Waals surface area contributed by atoms with Gasteiger partial charge in [0.2, 0.25) is 5.78 Å². The maximum absolute atomic E-state index is 14.6. The summed E-state index contributed by atoms with van der Waals surface area (Å²) >= 11 is 0. The second-order valence-electron chi connectivity index (χ2n) is 7.95. The van der Waals surface area contributed by atoms with Crippen molar-refractivity contribution in [2.75, 3.05) is 0 Å². The molecular weight excluding hydrogens is 421 g/mol. The number of hydrogen-bond donors (Lipinski definition) is 0. The number of imidazole rings is 2. The van der Waals surface area contributed by atoms with E-state index in [1.54, 1.807) is 40.3 Å². The van der Waals surface area contributed by atoms with Gasteiger partial charge in [0, 0.05) is 25.0 Å². The molecule has 0 unspecified atom stereocenters.